The molecule has 0 spiro atoms. The van der Waals surface area contributed by atoms with Crippen LogP contribution in [0.5, 0.6) is 0 Å². The van der Waals surface area contributed by atoms with Gasteiger partial charge in [-0.15, -0.1) is 0 Å². The molecule has 1 unspecified atom stereocenters. The summed E-state index contributed by atoms with van der Waals surface area (Å²) in [5, 5.41) is 8.87. The average molecular weight is 152 g/mol. The van der Waals surface area contributed by atoms with Crippen LogP contribution in [0.4, 0.5) is 0 Å². The predicted molar refractivity (Wildman–Crippen MR) is 49.3 cm³/mol. The van der Waals surface area contributed by atoms with Crippen LogP contribution in [-0.2, 0) is 0 Å². The summed E-state index contributed by atoms with van der Waals surface area (Å²) in [6, 6.07) is 0. The Morgan fingerprint density at radius 3 is 2.27 bits per heavy atom. The fourth-order valence-corrected chi connectivity index (χ4v) is 0.661. The highest BCUT2D eigenvalue weighted by atomic mass is 16.3. The molecule has 0 aliphatic heterocycles. The van der Waals surface area contributed by atoms with Crippen LogP contribution in [0.1, 0.15) is 13.8 Å². The van der Waals surface area contributed by atoms with Gasteiger partial charge < -0.3 is 5.11 Å². The number of allylic oxidation sites excluding steroid dienone is 2. The van der Waals surface area contributed by atoms with Gasteiger partial charge in [-0.3, -0.25) is 0 Å². The van der Waals surface area contributed by atoms with Crippen LogP contribution in [-0.4, -0.2) is 11.7 Å². The third kappa shape index (κ3) is 4.57. The molecule has 0 amide bonds. The van der Waals surface area contributed by atoms with Crippen molar-refractivity contribution in [3.8, 4) is 0 Å². The third-order valence-electron chi connectivity index (χ3n) is 1.44. The van der Waals surface area contributed by atoms with Crippen molar-refractivity contribution >= 4 is 0 Å². The van der Waals surface area contributed by atoms with Crippen molar-refractivity contribution in [1.82, 2.24) is 0 Å². The quantitative estimate of drug-likeness (QED) is 0.484. The van der Waals surface area contributed by atoms with E-state index in [1.54, 1.807) is 0 Å². The maximum atomic E-state index is 8.87. The lowest BCUT2D eigenvalue weighted by Gasteiger charge is -2.07. The SMILES string of the molecule is C=C(C)C=CC(CO)C(=C)C. The molecule has 1 N–H and O–H groups in total. The molecule has 11 heavy (non-hydrogen) atoms. The maximum absolute atomic E-state index is 8.87. The molecule has 0 radical (unpaired) electrons. The highest BCUT2D eigenvalue weighted by Gasteiger charge is 2.01. The van der Waals surface area contributed by atoms with E-state index in [-0.39, 0.29) is 12.5 Å². The first-order valence-electron chi connectivity index (χ1n) is 3.68. The third-order valence-corrected chi connectivity index (χ3v) is 1.44. The molecule has 0 fully saturated rings. The highest BCUT2D eigenvalue weighted by molar-refractivity contribution is 5.16. The van der Waals surface area contributed by atoms with Gasteiger partial charge in [0.2, 0.25) is 0 Å². The van der Waals surface area contributed by atoms with Gasteiger partial charge in [0, 0.05) is 5.92 Å². The fourth-order valence-electron chi connectivity index (χ4n) is 0.661. The van der Waals surface area contributed by atoms with Gasteiger partial charge in [-0.2, -0.15) is 0 Å². The van der Waals surface area contributed by atoms with E-state index in [1.165, 1.54) is 0 Å². The Labute approximate surface area is 68.7 Å². The van der Waals surface area contributed by atoms with Crippen molar-refractivity contribution < 1.29 is 5.11 Å². The molecule has 0 aromatic rings. The molecular weight excluding hydrogens is 136 g/mol. The van der Waals surface area contributed by atoms with E-state index >= 15 is 0 Å². The molecule has 0 saturated carbocycles. The smallest absolute Gasteiger partial charge is 0.0531 e. The normalized spacial score (nSPS) is 13.4. The first-order valence-corrected chi connectivity index (χ1v) is 3.68. The van der Waals surface area contributed by atoms with Gasteiger partial charge in [0.15, 0.2) is 0 Å². The molecule has 0 aliphatic rings. The van der Waals surface area contributed by atoms with Crippen LogP contribution >= 0.6 is 0 Å². The lowest BCUT2D eigenvalue weighted by Crippen LogP contribution is -2.02. The van der Waals surface area contributed by atoms with Crippen LogP contribution < -0.4 is 0 Å². The lowest BCUT2D eigenvalue weighted by atomic mass is 10.0. The summed E-state index contributed by atoms with van der Waals surface area (Å²) in [7, 11) is 0. The van der Waals surface area contributed by atoms with E-state index in [2.05, 4.69) is 13.2 Å². The molecule has 1 nitrogen and oxygen atoms in total. The Balaban J connectivity index is 4.08. The Kier molecular flexibility index (Phi) is 4.55. The number of rotatable bonds is 4. The summed E-state index contributed by atoms with van der Waals surface area (Å²) in [6.07, 6.45) is 3.82. The van der Waals surface area contributed by atoms with Gasteiger partial charge >= 0.3 is 0 Å². The first kappa shape index (κ1) is 10.2. The molecule has 1 heteroatoms. The number of hydrogen-bond acceptors (Lipinski definition) is 1. The van der Waals surface area contributed by atoms with Crippen LogP contribution in [0.15, 0.2) is 36.5 Å². The molecule has 0 saturated heterocycles. The number of aliphatic hydroxyl groups is 1. The summed E-state index contributed by atoms with van der Waals surface area (Å²) in [4.78, 5) is 0. The van der Waals surface area contributed by atoms with Crippen molar-refractivity contribution in [1.29, 1.82) is 0 Å². The molecule has 0 aromatic heterocycles. The van der Waals surface area contributed by atoms with Gasteiger partial charge in [0.05, 0.1) is 6.61 Å². The molecule has 1 atom stereocenters. The van der Waals surface area contributed by atoms with Gasteiger partial charge in [0.1, 0.15) is 0 Å². The minimum absolute atomic E-state index is 0.0756. The minimum Gasteiger partial charge on any atom is -0.395 e. The standard InChI is InChI=1S/C10H16O/c1-8(2)5-6-10(7-11)9(3)4/h5-6,10-11H,1,3,7H2,2,4H3. The molecule has 0 aliphatic carbocycles. The predicted octanol–water partition coefficient (Wildman–Crippen LogP) is 2.30. The summed E-state index contributed by atoms with van der Waals surface area (Å²) >= 11 is 0. The van der Waals surface area contributed by atoms with E-state index in [0.29, 0.717) is 0 Å². The summed E-state index contributed by atoms with van der Waals surface area (Å²) in [5.41, 5.74) is 1.97. The number of hydrogen-bond donors (Lipinski definition) is 1. The van der Waals surface area contributed by atoms with Crippen molar-refractivity contribution in [3.05, 3.63) is 36.5 Å². The van der Waals surface area contributed by atoms with E-state index in [0.717, 1.165) is 11.1 Å². The molecule has 0 heterocycles. The van der Waals surface area contributed by atoms with Crippen molar-refractivity contribution in [2.24, 2.45) is 5.92 Å². The molecule has 0 bridgehead atoms. The topological polar surface area (TPSA) is 20.2 Å². The second-order valence-corrected chi connectivity index (χ2v) is 2.84. The minimum atomic E-state index is 0.0756. The van der Waals surface area contributed by atoms with Crippen LogP contribution in [0.25, 0.3) is 0 Å². The van der Waals surface area contributed by atoms with Crippen molar-refractivity contribution in [2.75, 3.05) is 6.61 Å². The van der Waals surface area contributed by atoms with Gasteiger partial charge in [-0.25, -0.2) is 0 Å². The zero-order chi connectivity index (χ0) is 8.85. The second-order valence-electron chi connectivity index (χ2n) is 2.84. The van der Waals surface area contributed by atoms with Crippen molar-refractivity contribution in [2.45, 2.75) is 13.8 Å². The van der Waals surface area contributed by atoms with E-state index in [1.807, 2.05) is 26.0 Å². The summed E-state index contributed by atoms with van der Waals surface area (Å²) < 4.78 is 0. The fraction of sp³-hybridized carbons (Fsp3) is 0.400. The zero-order valence-corrected chi connectivity index (χ0v) is 7.30. The summed E-state index contributed by atoms with van der Waals surface area (Å²) in [5.74, 6) is 0.0756. The zero-order valence-electron chi connectivity index (χ0n) is 7.30. The van der Waals surface area contributed by atoms with E-state index in [9.17, 15) is 0 Å². The van der Waals surface area contributed by atoms with E-state index in [4.69, 9.17) is 5.11 Å². The van der Waals surface area contributed by atoms with Crippen LogP contribution in [0.3, 0.4) is 0 Å². The second kappa shape index (κ2) is 4.91. The van der Waals surface area contributed by atoms with Gasteiger partial charge in [0.25, 0.3) is 0 Å². The van der Waals surface area contributed by atoms with Crippen molar-refractivity contribution in [3.63, 3.8) is 0 Å². The number of aliphatic hydroxyl groups excluding tert-OH is 1. The summed E-state index contributed by atoms with van der Waals surface area (Å²) in [6.45, 7) is 11.4. The maximum Gasteiger partial charge on any atom is 0.0531 e. The Hall–Kier alpha value is -0.820. The van der Waals surface area contributed by atoms with Crippen LogP contribution in [0, 0.1) is 5.92 Å². The molecular formula is C10H16O. The molecule has 0 aromatic carbocycles. The largest absolute Gasteiger partial charge is 0.395 e. The molecule has 0 rings (SSSR count). The Morgan fingerprint density at radius 1 is 1.45 bits per heavy atom. The Bertz CT molecular complexity index is 177. The van der Waals surface area contributed by atoms with Gasteiger partial charge in [-0.05, 0) is 13.8 Å². The lowest BCUT2D eigenvalue weighted by molar-refractivity contribution is 0.269. The average Bonchev–Trinajstić information content (AvgIpc) is 1.87. The van der Waals surface area contributed by atoms with Crippen LogP contribution in [0.2, 0.25) is 0 Å². The highest BCUT2D eigenvalue weighted by Crippen LogP contribution is 2.09. The monoisotopic (exact) mass is 152 g/mol. The van der Waals surface area contributed by atoms with Gasteiger partial charge in [-0.1, -0.05) is 36.5 Å². The molecule has 62 valence electrons. The first-order chi connectivity index (χ1) is 5.07. The Morgan fingerprint density at radius 2 is 2.00 bits per heavy atom. The van der Waals surface area contributed by atoms with E-state index < -0.39 is 0 Å².